The van der Waals surface area contributed by atoms with Crippen LogP contribution in [0.1, 0.15) is 74.2 Å². The van der Waals surface area contributed by atoms with Gasteiger partial charge in [-0.15, -0.1) is 0 Å². The van der Waals surface area contributed by atoms with E-state index >= 15 is 0 Å². The van der Waals surface area contributed by atoms with Gasteiger partial charge in [-0.1, -0.05) is 79.8 Å². The Labute approximate surface area is 264 Å². The zero-order valence-electron chi connectivity index (χ0n) is 25.6. The molecule has 240 valence electrons. The molecule has 0 bridgehead atoms. The first-order valence-electron chi connectivity index (χ1n) is 15.6. The first-order chi connectivity index (χ1) is 21.9. The second kappa shape index (κ2) is 17.2. The summed E-state index contributed by atoms with van der Waals surface area (Å²) in [5.41, 5.74) is 0.689. The number of phenols is 1. The molecule has 0 fully saturated rings. The van der Waals surface area contributed by atoms with Gasteiger partial charge in [0.25, 0.3) is 5.91 Å². The lowest BCUT2D eigenvalue weighted by molar-refractivity contribution is -0.156. The topological polar surface area (TPSA) is 135 Å². The summed E-state index contributed by atoms with van der Waals surface area (Å²) in [4.78, 5) is 25.3. The Hall–Kier alpha value is -4.34. The minimum atomic E-state index is -1.45. The third-order valence-electron chi connectivity index (χ3n) is 7.55. The molecule has 4 rings (SSSR count). The highest BCUT2D eigenvalue weighted by atomic mass is 16.7. The van der Waals surface area contributed by atoms with Crippen molar-refractivity contribution in [1.82, 2.24) is 5.32 Å². The van der Waals surface area contributed by atoms with E-state index in [0.717, 1.165) is 38.5 Å². The molecule has 9 nitrogen and oxygen atoms in total. The Balaban J connectivity index is 1.18. The predicted octanol–water partition coefficient (Wildman–Crippen LogP) is 5.74. The van der Waals surface area contributed by atoms with E-state index in [0.29, 0.717) is 17.6 Å². The summed E-state index contributed by atoms with van der Waals surface area (Å²) in [5, 5.41) is 34.6. The number of aliphatic hydroxyl groups is 2. The number of allylic oxidation sites excluding steroid dienone is 12. The fourth-order valence-corrected chi connectivity index (χ4v) is 5.23. The van der Waals surface area contributed by atoms with Crippen LogP contribution in [0.2, 0.25) is 0 Å². The van der Waals surface area contributed by atoms with Crippen LogP contribution < -0.4 is 14.8 Å². The zero-order chi connectivity index (χ0) is 32.0. The first-order valence-corrected chi connectivity index (χ1v) is 15.6. The summed E-state index contributed by atoms with van der Waals surface area (Å²) in [6, 6.07) is 0.592. The number of esters is 1. The highest BCUT2D eigenvalue weighted by molar-refractivity contribution is 6.07. The van der Waals surface area contributed by atoms with E-state index in [-0.39, 0.29) is 36.0 Å². The van der Waals surface area contributed by atoms with Crippen LogP contribution in [0.25, 0.3) is 5.57 Å². The van der Waals surface area contributed by atoms with E-state index in [1.165, 1.54) is 6.08 Å². The van der Waals surface area contributed by atoms with Crippen LogP contribution in [-0.2, 0) is 9.53 Å². The van der Waals surface area contributed by atoms with Gasteiger partial charge in [0.1, 0.15) is 18.3 Å². The molecule has 0 aromatic heterocycles. The number of hydrogen-bond donors (Lipinski definition) is 4. The fourth-order valence-electron chi connectivity index (χ4n) is 5.23. The highest BCUT2D eigenvalue weighted by Crippen LogP contribution is 2.48. The van der Waals surface area contributed by atoms with Gasteiger partial charge in [-0.3, -0.25) is 9.59 Å². The number of phenolic OH excluding ortho intramolecular Hbond substituents is 1. The van der Waals surface area contributed by atoms with Crippen molar-refractivity contribution >= 4 is 17.4 Å². The average molecular weight is 618 g/mol. The number of carbonyl (C=O) groups is 2. The van der Waals surface area contributed by atoms with E-state index in [2.05, 4.69) is 73.0 Å². The van der Waals surface area contributed by atoms with Gasteiger partial charge in [0.2, 0.25) is 12.5 Å². The summed E-state index contributed by atoms with van der Waals surface area (Å²) in [5.74, 6) is -1.21. The molecule has 0 radical (unpaired) electrons. The smallest absolute Gasteiger partial charge is 0.306 e. The number of nitrogens with one attached hydrogen (secondary N) is 1. The Bertz CT molecular complexity index is 1400. The molecule has 1 aromatic rings. The lowest BCUT2D eigenvalue weighted by Gasteiger charge is -2.40. The van der Waals surface area contributed by atoms with Crippen molar-refractivity contribution in [2.75, 3.05) is 6.79 Å². The predicted molar refractivity (Wildman–Crippen MR) is 173 cm³/mol. The molecule has 0 spiro atoms. The third-order valence-corrected chi connectivity index (χ3v) is 7.55. The van der Waals surface area contributed by atoms with Crippen molar-refractivity contribution in [3.05, 3.63) is 96.2 Å². The van der Waals surface area contributed by atoms with E-state index in [9.17, 15) is 24.9 Å². The second-order valence-corrected chi connectivity index (χ2v) is 10.8. The van der Waals surface area contributed by atoms with Gasteiger partial charge >= 0.3 is 5.97 Å². The number of benzene rings is 1. The standard InChI is InChI=1S/C36H43NO8/c1-2-3-4-5-6-7-8-9-10-11-12-13-14-15-16-17-18-19-20-21-29(38)45-27-23-26-25-22-28-35(44-24-43-28)33(40)30(25)36(42)37-31(26)34(41)32(27)39/h3-4,6-7,9-10,12-13,15-16,18-19,22-23,27,31-32,34,39-41H,2,5,8,11,14,17,20-21,24H2,1H3,(H,37,42)/t27-,31+,32+,34-/m0/s1. The lowest BCUT2D eigenvalue weighted by Crippen LogP contribution is -2.57. The zero-order valence-corrected chi connectivity index (χ0v) is 25.6. The molecular formula is C36H43NO8. The first kappa shape index (κ1) is 33.6. The number of fused-ring (bicyclic) bond motifs is 4. The molecule has 2 aliphatic heterocycles. The normalized spacial score (nSPS) is 22.6. The van der Waals surface area contributed by atoms with Gasteiger partial charge in [-0.2, -0.15) is 0 Å². The van der Waals surface area contributed by atoms with Gasteiger partial charge in [0, 0.05) is 12.0 Å². The summed E-state index contributed by atoms with van der Waals surface area (Å²) < 4.78 is 16.1. The minimum absolute atomic E-state index is 0.0342. The third kappa shape index (κ3) is 9.09. The molecule has 9 heteroatoms. The van der Waals surface area contributed by atoms with Gasteiger partial charge in [-0.25, -0.2) is 0 Å². The molecule has 1 aliphatic carbocycles. The lowest BCUT2D eigenvalue weighted by atomic mass is 9.79. The number of amides is 1. The summed E-state index contributed by atoms with van der Waals surface area (Å²) >= 11 is 0. The molecule has 4 N–H and O–H groups in total. The number of hydrogen-bond acceptors (Lipinski definition) is 8. The molecular weight excluding hydrogens is 574 g/mol. The van der Waals surface area contributed by atoms with Gasteiger partial charge < -0.3 is 34.8 Å². The maximum atomic E-state index is 12.7. The molecule has 0 saturated carbocycles. The Kier molecular flexibility index (Phi) is 12.8. The quantitative estimate of drug-likeness (QED) is 0.145. The maximum Gasteiger partial charge on any atom is 0.306 e. The molecule has 0 saturated heterocycles. The summed E-state index contributed by atoms with van der Waals surface area (Å²) in [6.45, 7) is 2.03. The minimum Gasteiger partial charge on any atom is -0.504 e. The van der Waals surface area contributed by atoms with Gasteiger partial charge in [0.05, 0.1) is 11.6 Å². The number of aliphatic hydroxyl groups excluding tert-OH is 2. The SMILES string of the molecule is CCC=CCC=CCC=CCC=CCC=CCC=CCCC(=O)O[C@H]1C=C2c3cc4c(c(O)c3C(=O)N[C@H]2[C@H](O)[C@@H]1O)OCO4. The van der Waals surface area contributed by atoms with Crippen molar-refractivity contribution in [2.24, 2.45) is 0 Å². The van der Waals surface area contributed by atoms with Crippen LogP contribution in [0.4, 0.5) is 0 Å². The van der Waals surface area contributed by atoms with Crippen LogP contribution in [-0.4, -0.2) is 58.3 Å². The van der Waals surface area contributed by atoms with Crippen LogP contribution >= 0.6 is 0 Å². The van der Waals surface area contributed by atoms with Gasteiger partial charge in [-0.05, 0) is 62.7 Å². The monoisotopic (exact) mass is 617 g/mol. The van der Waals surface area contributed by atoms with E-state index in [1.54, 1.807) is 6.07 Å². The molecule has 1 amide bonds. The Morgan fingerprint density at radius 3 is 2.07 bits per heavy atom. The van der Waals surface area contributed by atoms with Crippen molar-refractivity contribution in [1.29, 1.82) is 0 Å². The largest absolute Gasteiger partial charge is 0.504 e. The summed E-state index contributed by atoms with van der Waals surface area (Å²) in [7, 11) is 0. The maximum absolute atomic E-state index is 12.7. The molecule has 2 heterocycles. The summed E-state index contributed by atoms with van der Waals surface area (Å²) in [6.07, 6.45) is 29.0. The fraction of sp³-hybridized carbons (Fsp3) is 0.389. The molecule has 4 atom stereocenters. The van der Waals surface area contributed by atoms with Crippen molar-refractivity contribution in [3.63, 3.8) is 0 Å². The molecule has 1 aromatic carbocycles. The Morgan fingerprint density at radius 1 is 0.889 bits per heavy atom. The van der Waals surface area contributed by atoms with Crippen LogP contribution in [0.15, 0.2) is 85.1 Å². The number of rotatable bonds is 15. The second-order valence-electron chi connectivity index (χ2n) is 10.8. The van der Waals surface area contributed by atoms with Crippen LogP contribution in [0, 0.1) is 0 Å². The number of aromatic hydroxyl groups is 1. The van der Waals surface area contributed by atoms with E-state index in [1.807, 2.05) is 12.2 Å². The highest BCUT2D eigenvalue weighted by Gasteiger charge is 2.46. The molecule has 0 unspecified atom stereocenters. The van der Waals surface area contributed by atoms with Crippen molar-refractivity contribution in [3.8, 4) is 17.2 Å². The van der Waals surface area contributed by atoms with Crippen molar-refractivity contribution < 1.29 is 39.1 Å². The van der Waals surface area contributed by atoms with E-state index in [4.69, 9.17) is 14.2 Å². The van der Waals surface area contributed by atoms with E-state index < -0.39 is 36.2 Å². The molecule has 3 aliphatic rings. The average Bonchev–Trinajstić information content (AvgIpc) is 3.51. The van der Waals surface area contributed by atoms with Crippen LogP contribution in [0.3, 0.4) is 0 Å². The van der Waals surface area contributed by atoms with Crippen molar-refractivity contribution in [2.45, 2.75) is 82.6 Å². The van der Waals surface area contributed by atoms with Gasteiger partial charge in [0.15, 0.2) is 11.5 Å². The Morgan fingerprint density at radius 2 is 1.47 bits per heavy atom. The number of ether oxygens (including phenoxy) is 3. The number of carbonyl (C=O) groups excluding carboxylic acids is 2. The molecule has 45 heavy (non-hydrogen) atoms. The van der Waals surface area contributed by atoms with Crippen LogP contribution in [0.5, 0.6) is 17.2 Å².